The van der Waals surface area contributed by atoms with Gasteiger partial charge in [0.1, 0.15) is 30.3 Å². The molecule has 22 heavy (non-hydrogen) atoms. The number of ether oxygens (including phenoxy) is 1. The number of halogens is 1. The normalized spacial score (nSPS) is 14.1. The number of rotatable bonds is 6. The van der Waals surface area contributed by atoms with Crippen LogP contribution in [0.25, 0.3) is 0 Å². The summed E-state index contributed by atoms with van der Waals surface area (Å²) >= 11 is 5.84. The third-order valence-corrected chi connectivity index (χ3v) is 3.83. The maximum atomic E-state index is 5.84. The van der Waals surface area contributed by atoms with E-state index in [0.717, 1.165) is 30.5 Å². The van der Waals surface area contributed by atoms with Crippen LogP contribution in [-0.4, -0.2) is 36.2 Å². The van der Waals surface area contributed by atoms with E-state index in [0.29, 0.717) is 18.2 Å². The first-order chi connectivity index (χ1) is 10.8. The van der Waals surface area contributed by atoms with Crippen molar-refractivity contribution in [2.75, 3.05) is 36.5 Å². The second-order valence-corrected chi connectivity index (χ2v) is 5.62. The van der Waals surface area contributed by atoms with E-state index in [1.54, 1.807) is 6.33 Å². The van der Waals surface area contributed by atoms with Crippen LogP contribution in [0.1, 0.15) is 12.8 Å². The van der Waals surface area contributed by atoms with Gasteiger partial charge in [-0.15, -0.1) is 0 Å². The van der Waals surface area contributed by atoms with Crippen LogP contribution in [0.2, 0.25) is 5.02 Å². The van der Waals surface area contributed by atoms with Crippen molar-refractivity contribution in [1.29, 1.82) is 0 Å². The molecular weight excluding hydrogens is 300 g/mol. The third kappa shape index (κ3) is 4.01. The third-order valence-electron chi connectivity index (χ3n) is 3.57. The van der Waals surface area contributed by atoms with E-state index < -0.39 is 0 Å². The van der Waals surface area contributed by atoms with Gasteiger partial charge in [0.25, 0.3) is 0 Å². The van der Waals surface area contributed by atoms with Gasteiger partial charge in [0.2, 0.25) is 0 Å². The molecule has 1 N–H and O–H groups in total. The maximum absolute atomic E-state index is 5.84. The lowest BCUT2D eigenvalue weighted by atomic mass is 10.3. The van der Waals surface area contributed by atoms with Gasteiger partial charge in [-0.05, 0) is 37.1 Å². The van der Waals surface area contributed by atoms with Gasteiger partial charge in [0.15, 0.2) is 0 Å². The van der Waals surface area contributed by atoms with Crippen molar-refractivity contribution in [2.45, 2.75) is 12.8 Å². The second-order valence-electron chi connectivity index (χ2n) is 5.18. The summed E-state index contributed by atoms with van der Waals surface area (Å²) in [6, 6.07) is 9.35. The molecule has 0 saturated carbocycles. The van der Waals surface area contributed by atoms with Crippen molar-refractivity contribution in [3.05, 3.63) is 41.7 Å². The largest absolute Gasteiger partial charge is 0.492 e. The molecule has 2 aromatic rings. The summed E-state index contributed by atoms with van der Waals surface area (Å²) in [7, 11) is 0. The molecule has 3 rings (SSSR count). The van der Waals surface area contributed by atoms with Gasteiger partial charge < -0.3 is 15.0 Å². The molecule has 0 radical (unpaired) electrons. The Balaban J connectivity index is 1.47. The fraction of sp³-hybridized carbons (Fsp3) is 0.375. The molecule has 0 spiro atoms. The average Bonchev–Trinajstić information content (AvgIpc) is 3.08. The molecule has 1 aliphatic rings. The Morgan fingerprint density at radius 2 is 1.91 bits per heavy atom. The molecule has 1 aromatic heterocycles. The SMILES string of the molecule is Clc1ccc(OCCNc2cc(N3CCCC3)ncn2)cc1. The van der Waals surface area contributed by atoms with Crippen LogP contribution >= 0.6 is 11.6 Å². The Hall–Kier alpha value is -2.01. The first kappa shape index (κ1) is 14.9. The van der Waals surface area contributed by atoms with Gasteiger partial charge >= 0.3 is 0 Å². The number of nitrogens with zero attached hydrogens (tertiary/aromatic N) is 3. The molecule has 116 valence electrons. The van der Waals surface area contributed by atoms with Crippen molar-refractivity contribution in [3.8, 4) is 5.75 Å². The number of benzene rings is 1. The first-order valence-electron chi connectivity index (χ1n) is 7.50. The smallest absolute Gasteiger partial charge is 0.134 e. The van der Waals surface area contributed by atoms with Gasteiger partial charge in [0, 0.05) is 24.2 Å². The zero-order chi connectivity index (χ0) is 15.2. The molecule has 1 aliphatic heterocycles. The summed E-state index contributed by atoms with van der Waals surface area (Å²) in [6.45, 7) is 3.40. The predicted octanol–water partition coefficient (Wildman–Crippen LogP) is 3.22. The van der Waals surface area contributed by atoms with Gasteiger partial charge in [-0.3, -0.25) is 0 Å². The summed E-state index contributed by atoms with van der Waals surface area (Å²) < 4.78 is 5.64. The Morgan fingerprint density at radius 3 is 2.68 bits per heavy atom. The minimum absolute atomic E-state index is 0.560. The highest BCUT2D eigenvalue weighted by atomic mass is 35.5. The highest BCUT2D eigenvalue weighted by Gasteiger charge is 2.13. The Kier molecular flexibility index (Phi) is 4.96. The molecule has 6 heteroatoms. The Labute approximate surface area is 135 Å². The van der Waals surface area contributed by atoms with Crippen molar-refractivity contribution < 1.29 is 4.74 Å². The molecule has 0 unspecified atom stereocenters. The van der Waals surface area contributed by atoms with Crippen LogP contribution in [0, 0.1) is 0 Å². The highest BCUT2D eigenvalue weighted by Crippen LogP contribution is 2.19. The fourth-order valence-electron chi connectivity index (χ4n) is 2.44. The first-order valence-corrected chi connectivity index (χ1v) is 7.88. The Bertz CT molecular complexity index is 599. The number of aromatic nitrogens is 2. The number of hydrogen-bond donors (Lipinski definition) is 1. The van der Waals surface area contributed by atoms with Gasteiger partial charge in [-0.2, -0.15) is 0 Å². The zero-order valence-corrected chi connectivity index (χ0v) is 13.1. The molecule has 1 aromatic carbocycles. The summed E-state index contributed by atoms with van der Waals surface area (Å²) in [5, 5.41) is 3.97. The minimum Gasteiger partial charge on any atom is -0.492 e. The predicted molar refractivity (Wildman–Crippen MR) is 88.9 cm³/mol. The molecular formula is C16H19ClN4O. The maximum Gasteiger partial charge on any atom is 0.134 e. The van der Waals surface area contributed by atoms with Gasteiger partial charge in [0.05, 0.1) is 6.54 Å². The molecule has 5 nitrogen and oxygen atoms in total. The monoisotopic (exact) mass is 318 g/mol. The van der Waals surface area contributed by atoms with E-state index in [4.69, 9.17) is 16.3 Å². The van der Waals surface area contributed by atoms with E-state index >= 15 is 0 Å². The number of anilines is 2. The van der Waals surface area contributed by atoms with Crippen LogP contribution < -0.4 is 15.0 Å². The lowest BCUT2D eigenvalue weighted by Gasteiger charge is -2.16. The topological polar surface area (TPSA) is 50.3 Å². The summed E-state index contributed by atoms with van der Waals surface area (Å²) in [5.41, 5.74) is 0. The lowest BCUT2D eigenvalue weighted by molar-refractivity contribution is 0.333. The summed E-state index contributed by atoms with van der Waals surface area (Å²) in [6.07, 6.45) is 4.08. The Morgan fingerprint density at radius 1 is 1.14 bits per heavy atom. The van der Waals surface area contributed by atoms with E-state index in [2.05, 4.69) is 20.2 Å². The summed E-state index contributed by atoms with van der Waals surface area (Å²) in [4.78, 5) is 10.9. The molecule has 0 atom stereocenters. The van der Waals surface area contributed by atoms with E-state index in [9.17, 15) is 0 Å². The molecule has 2 heterocycles. The fourth-order valence-corrected chi connectivity index (χ4v) is 2.57. The van der Waals surface area contributed by atoms with Crippen molar-refractivity contribution in [2.24, 2.45) is 0 Å². The van der Waals surface area contributed by atoms with Crippen molar-refractivity contribution in [1.82, 2.24) is 9.97 Å². The quantitative estimate of drug-likeness (QED) is 0.829. The molecule has 0 amide bonds. The minimum atomic E-state index is 0.560. The van der Waals surface area contributed by atoms with E-state index in [1.165, 1.54) is 12.8 Å². The second kappa shape index (κ2) is 7.31. The zero-order valence-electron chi connectivity index (χ0n) is 12.3. The van der Waals surface area contributed by atoms with Crippen molar-refractivity contribution >= 4 is 23.2 Å². The van der Waals surface area contributed by atoms with E-state index in [-0.39, 0.29) is 0 Å². The van der Waals surface area contributed by atoms with Crippen LogP contribution in [0.3, 0.4) is 0 Å². The molecule has 1 fully saturated rings. The van der Waals surface area contributed by atoms with Gasteiger partial charge in [-0.25, -0.2) is 9.97 Å². The van der Waals surface area contributed by atoms with Crippen LogP contribution in [0.4, 0.5) is 11.6 Å². The standard InChI is InChI=1S/C16H19ClN4O/c17-13-3-5-14(6-4-13)22-10-7-18-15-11-16(20-12-19-15)21-8-1-2-9-21/h3-6,11-12H,1-2,7-10H2,(H,18,19,20). The molecule has 0 aliphatic carbocycles. The molecule has 0 bridgehead atoms. The van der Waals surface area contributed by atoms with Crippen LogP contribution in [0.5, 0.6) is 5.75 Å². The van der Waals surface area contributed by atoms with Gasteiger partial charge in [-0.1, -0.05) is 11.6 Å². The van der Waals surface area contributed by atoms with Crippen LogP contribution in [-0.2, 0) is 0 Å². The van der Waals surface area contributed by atoms with E-state index in [1.807, 2.05) is 30.3 Å². The lowest BCUT2D eigenvalue weighted by Crippen LogP contribution is -2.19. The van der Waals surface area contributed by atoms with Crippen molar-refractivity contribution in [3.63, 3.8) is 0 Å². The summed E-state index contributed by atoms with van der Waals surface area (Å²) in [5.74, 6) is 2.64. The molecule has 1 saturated heterocycles. The highest BCUT2D eigenvalue weighted by molar-refractivity contribution is 6.30. The number of nitrogens with one attached hydrogen (secondary N) is 1. The van der Waals surface area contributed by atoms with Crippen LogP contribution in [0.15, 0.2) is 36.7 Å². The number of hydrogen-bond acceptors (Lipinski definition) is 5. The average molecular weight is 319 g/mol.